The Morgan fingerprint density at radius 2 is 2.15 bits per heavy atom. The maximum absolute atomic E-state index is 8.41. The van der Waals surface area contributed by atoms with Crippen LogP contribution in [0.15, 0.2) is 5.16 Å². The van der Waals surface area contributed by atoms with Crippen molar-refractivity contribution in [3.05, 3.63) is 0 Å². The Balaban J connectivity index is 3.89. The first-order chi connectivity index (χ1) is 6.13. The van der Waals surface area contributed by atoms with Crippen LogP contribution in [0.5, 0.6) is 0 Å². The molecule has 0 heterocycles. The van der Waals surface area contributed by atoms with Crippen LogP contribution in [0.1, 0.15) is 27.2 Å². The summed E-state index contributed by atoms with van der Waals surface area (Å²) < 4.78 is 0. The van der Waals surface area contributed by atoms with Gasteiger partial charge in [-0.3, -0.25) is 4.90 Å². The van der Waals surface area contributed by atoms with Gasteiger partial charge in [0.2, 0.25) is 0 Å². The summed E-state index contributed by atoms with van der Waals surface area (Å²) in [5, 5.41) is 11.4. The van der Waals surface area contributed by atoms with Gasteiger partial charge in [0, 0.05) is 6.54 Å². The molecule has 0 saturated carbocycles. The highest BCUT2D eigenvalue weighted by atomic mass is 16.4. The molecule has 0 radical (unpaired) electrons. The summed E-state index contributed by atoms with van der Waals surface area (Å²) >= 11 is 0. The SMILES string of the molecule is CCC(C)CN(CC)CC(N)=NO. The Morgan fingerprint density at radius 3 is 2.54 bits per heavy atom. The largest absolute Gasteiger partial charge is 0.409 e. The number of nitrogens with zero attached hydrogens (tertiary/aromatic N) is 2. The molecule has 0 aliphatic heterocycles. The second-order valence-corrected chi connectivity index (χ2v) is 3.43. The average Bonchev–Trinajstić information content (AvgIpc) is 2.16. The van der Waals surface area contributed by atoms with E-state index in [1.165, 1.54) is 0 Å². The van der Waals surface area contributed by atoms with E-state index in [9.17, 15) is 0 Å². The van der Waals surface area contributed by atoms with Crippen molar-refractivity contribution in [2.75, 3.05) is 19.6 Å². The van der Waals surface area contributed by atoms with Crippen molar-refractivity contribution in [3.8, 4) is 0 Å². The van der Waals surface area contributed by atoms with Gasteiger partial charge in [0.1, 0.15) is 0 Å². The first kappa shape index (κ1) is 12.2. The molecule has 0 fully saturated rings. The lowest BCUT2D eigenvalue weighted by atomic mass is 10.1. The highest BCUT2D eigenvalue weighted by Gasteiger charge is 2.08. The number of amidine groups is 1. The van der Waals surface area contributed by atoms with Crippen LogP contribution < -0.4 is 5.73 Å². The minimum atomic E-state index is 0.283. The first-order valence-electron chi connectivity index (χ1n) is 4.82. The van der Waals surface area contributed by atoms with E-state index in [-0.39, 0.29) is 5.84 Å². The molecule has 0 bridgehead atoms. The summed E-state index contributed by atoms with van der Waals surface area (Å²) in [6, 6.07) is 0. The van der Waals surface area contributed by atoms with Crippen molar-refractivity contribution in [1.29, 1.82) is 0 Å². The Morgan fingerprint density at radius 1 is 1.54 bits per heavy atom. The maximum Gasteiger partial charge on any atom is 0.153 e. The van der Waals surface area contributed by atoms with Crippen LogP contribution in [0.4, 0.5) is 0 Å². The summed E-state index contributed by atoms with van der Waals surface area (Å²) in [4.78, 5) is 2.17. The van der Waals surface area contributed by atoms with Crippen molar-refractivity contribution in [2.24, 2.45) is 16.8 Å². The van der Waals surface area contributed by atoms with E-state index in [1.807, 2.05) is 0 Å². The minimum Gasteiger partial charge on any atom is -0.409 e. The fourth-order valence-electron chi connectivity index (χ4n) is 1.14. The van der Waals surface area contributed by atoms with Gasteiger partial charge in [0.15, 0.2) is 5.84 Å². The zero-order chi connectivity index (χ0) is 10.3. The summed E-state index contributed by atoms with van der Waals surface area (Å²) in [6.07, 6.45) is 1.16. The molecule has 13 heavy (non-hydrogen) atoms. The van der Waals surface area contributed by atoms with Crippen LogP contribution in [0.2, 0.25) is 0 Å². The highest BCUT2D eigenvalue weighted by molar-refractivity contribution is 5.81. The van der Waals surface area contributed by atoms with Gasteiger partial charge in [0.25, 0.3) is 0 Å². The third kappa shape index (κ3) is 5.47. The van der Waals surface area contributed by atoms with Gasteiger partial charge in [-0.25, -0.2) is 0 Å². The zero-order valence-electron chi connectivity index (χ0n) is 8.82. The van der Waals surface area contributed by atoms with Gasteiger partial charge in [0.05, 0.1) is 6.54 Å². The van der Waals surface area contributed by atoms with Crippen molar-refractivity contribution in [3.63, 3.8) is 0 Å². The van der Waals surface area contributed by atoms with E-state index in [1.54, 1.807) is 0 Å². The van der Waals surface area contributed by atoms with Crippen LogP contribution in [0.3, 0.4) is 0 Å². The van der Waals surface area contributed by atoms with E-state index in [2.05, 4.69) is 30.8 Å². The van der Waals surface area contributed by atoms with E-state index in [0.29, 0.717) is 12.5 Å². The number of oxime groups is 1. The zero-order valence-corrected chi connectivity index (χ0v) is 8.82. The molecular formula is C9H21N3O. The van der Waals surface area contributed by atoms with Gasteiger partial charge in [-0.05, 0) is 12.5 Å². The minimum absolute atomic E-state index is 0.283. The van der Waals surface area contributed by atoms with Crippen LogP contribution in [0, 0.1) is 5.92 Å². The predicted octanol–water partition coefficient (Wildman–Crippen LogP) is 1.10. The van der Waals surface area contributed by atoms with Crippen molar-refractivity contribution in [1.82, 2.24) is 4.90 Å². The van der Waals surface area contributed by atoms with Crippen LogP contribution >= 0.6 is 0 Å². The third-order valence-electron chi connectivity index (χ3n) is 2.23. The third-order valence-corrected chi connectivity index (χ3v) is 2.23. The summed E-state index contributed by atoms with van der Waals surface area (Å²) in [7, 11) is 0. The molecule has 0 rings (SSSR count). The molecular weight excluding hydrogens is 166 g/mol. The summed E-state index contributed by atoms with van der Waals surface area (Å²) in [5.74, 6) is 0.941. The van der Waals surface area contributed by atoms with Crippen LogP contribution in [-0.4, -0.2) is 35.6 Å². The van der Waals surface area contributed by atoms with E-state index < -0.39 is 0 Å². The molecule has 1 atom stereocenters. The van der Waals surface area contributed by atoms with Crippen LogP contribution in [0.25, 0.3) is 0 Å². The highest BCUT2D eigenvalue weighted by Crippen LogP contribution is 2.03. The molecule has 3 N–H and O–H groups in total. The maximum atomic E-state index is 8.41. The Bertz CT molecular complexity index is 159. The quantitative estimate of drug-likeness (QED) is 0.283. The average molecular weight is 187 g/mol. The van der Waals surface area contributed by atoms with Gasteiger partial charge < -0.3 is 10.9 Å². The molecule has 78 valence electrons. The van der Waals surface area contributed by atoms with E-state index >= 15 is 0 Å². The first-order valence-corrected chi connectivity index (χ1v) is 4.82. The standard InChI is InChI=1S/C9H21N3O/c1-4-8(3)6-12(5-2)7-9(10)11-13/h8,13H,4-7H2,1-3H3,(H2,10,11). The predicted molar refractivity (Wildman–Crippen MR) is 55.0 cm³/mol. The topological polar surface area (TPSA) is 61.8 Å². The molecule has 4 nitrogen and oxygen atoms in total. The molecule has 0 aromatic heterocycles. The molecule has 0 amide bonds. The molecule has 0 spiro atoms. The second-order valence-electron chi connectivity index (χ2n) is 3.43. The lowest BCUT2D eigenvalue weighted by molar-refractivity contribution is 0.267. The fourth-order valence-corrected chi connectivity index (χ4v) is 1.14. The molecule has 0 aliphatic rings. The number of nitrogens with two attached hydrogens (primary N) is 1. The normalized spacial score (nSPS) is 14.9. The molecule has 4 heteroatoms. The number of hydrogen-bond acceptors (Lipinski definition) is 3. The molecule has 0 aromatic rings. The summed E-state index contributed by atoms with van der Waals surface area (Å²) in [6.45, 7) is 8.94. The molecule has 0 aromatic carbocycles. The van der Waals surface area contributed by atoms with Gasteiger partial charge >= 0.3 is 0 Å². The number of likely N-dealkylation sites (N-methyl/N-ethyl adjacent to an activating group) is 1. The van der Waals surface area contributed by atoms with Crippen molar-refractivity contribution >= 4 is 5.84 Å². The van der Waals surface area contributed by atoms with Crippen molar-refractivity contribution in [2.45, 2.75) is 27.2 Å². The van der Waals surface area contributed by atoms with E-state index in [4.69, 9.17) is 10.9 Å². The Kier molecular flexibility index (Phi) is 6.32. The molecule has 0 saturated heterocycles. The van der Waals surface area contributed by atoms with Gasteiger partial charge in [-0.1, -0.05) is 32.3 Å². The number of rotatable bonds is 6. The molecule has 0 aliphatic carbocycles. The summed E-state index contributed by atoms with van der Waals surface area (Å²) in [5.41, 5.74) is 5.42. The van der Waals surface area contributed by atoms with Gasteiger partial charge in [-0.15, -0.1) is 0 Å². The Labute approximate surface area is 80.4 Å². The Hall–Kier alpha value is -0.770. The smallest absolute Gasteiger partial charge is 0.153 e. The number of hydrogen-bond donors (Lipinski definition) is 2. The lowest BCUT2D eigenvalue weighted by Gasteiger charge is -2.22. The van der Waals surface area contributed by atoms with Crippen molar-refractivity contribution < 1.29 is 5.21 Å². The van der Waals surface area contributed by atoms with Crippen LogP contribution in [-0.2, 0) is 0 Å². The monoisotopic (exact) mass is 187 g/mol. The fraction of sp³-hybridized carbons (Fsp3) is 0.889. The van der Waals surface area contributed by atoms with Gasteiger partial charge in [-0.2, -0.15) is 0 Å². The van der Waals surface area contributed by atoms with E-state index in [0.717, 1.165) is 19.5 Å². The second kappa shape index (κ2) is 6.71. The lowest BCUT2D eigenvalue weighted by Crippen LogP contribution is -2.36. The molecule has 1 unspecified atom stereocenters.